The van der Waals surface area contributed by atoms with Gasteiger partial charge in [0.25, 0.3) is 0 Å². The molecule has 18 heavy (non-hydrogen) atoms. The fraction of sp³-hybridized carbons (Fsp3) is 0.500. The summed E-state index contributed by atoms with van der Waals surface area (Å²) in [5, 5.41) is 10.4. The Morgan fingerprint density at radius 1 is 1.61 bits per heavy atom. The molecule has 0 aliphatic heterocycles. The van der Waals surface area contributed by atoms with Gasteiger partial charge in [0.15, 0.2) is 0 Å². The van der Waals surface area contributed by atoms with Crippen molar-refractivity contribution in [2.75, 3.05) is 6.61 Å². The molecule has 0 spiro atoms. The topological polar surface area (TPSA) is 87.3 Å². The van der Waals surface area contributed by atoms with Gasteiger partial charge in [-0.25, -0.2) is 4.79 Å². The smallest absolute Gasteiger partial charge is 0.406 e. The van der Waals surface area contributed by atoms with Gasteiger partial charge < -0.3 is 14.9 Å². The first kappa shape index (κ1) is 13.9. The third kappa shape index (κ3) is 3.43. The normalized spacial score (nSPS) is 11.3. The monoisotopic (exact) mass is 267 g/mol. The van der Waals surface area contributed by atoms with Crippen LogP contribution in [-0.2, 0) is 11.3 Å². The van der Waals surface area contributed by atoms with E-state index in [4.69, 9.17) is 0 Å². The summed E-state index contributed by atoms with van der Waals surface area (Å²) in [6.07, 6.45) is -4.09. The standard InChI is InChI=1S/C8H8F3N3O4/c1-2-18-7(15)6-12-5(14(16)17)3-13(6)4-8(9,10)11/h3H,2,4H2,1H3. The van der Waals surface area contributed by atoms with Gasteiger partial charge in [0.2, 0.25) is 0 Å². The van der Waals surface area contributed by atoms with Crippen molar-refractivity contribution < 1.29 is 27.6 Å². The number of aromatic nitrogens is 2. The molecule has 0 radical (unpaired) electrons. The summed E-state index contributed by atoms with van der Waals surface area (Å²) in [6, 6.07) is 0. The van der Waals surface area contributed by atoms with Gasteiger partial charge in [-0.1, -0.05) is 0 Å². The highest BCUT2D eigenvalue weighted by Gasteiger charge is 2.34. The maximum atomic E-state index is 12.2. The summed E-state index contributed by atoms with van der Waals surface area (Å²) in [5.74, 6) is -2.74. The van der Waals surface area contributed by atoms with Crippen LogP contribution in [0.1, 0.15) is 17.5 Å². The van der Waals surface area contributed by atoms with Crippen molar-refractivity contribution in [1.29, 1.82) is 0 Å². The average molecular weight is 267 g/mol. The Morgan fingerprint density at radius 3 is 2.67 bits per heavy atom. The Morgan fingerprint density at radius 2 is 2.22 bits per heavy atom. The number of ether oxygens (including phenoxy) is 1. The highest BCUT2D eigenvalue weighted by Crippen LogP contribution is 2.21. The molecule has 1 aromatic heterocycles. The van der Waals surface area contributed by atoms with E-state index in [0.29, 0.717) is 10.8 Å². The Labute approximate surface area is 98.3 Å². The molecule has 1 heterocycles. The summed E-state index contributed by atoms with van der Waals surface area (Å²) in [4.78, 5) is 23.9. The van der Waals surface area contributed by atoms with E-state index >= 15 is 0 Å². The minimum Gasteiger partial charge on any atom is -0.458 e. The first-order valence-corrected chi connectivity index (χ1v) is 4.70. The third-order valence-electron chi connectivity index (χ3n) is 1.76. The molecule has 0 amide bonds. The van der Waals surface area contributed by atoms with Gasteiger partial charge in [-0.2, -0.15) is 13.2 Å². The number of rotatable bonds is 4. The minimum absolute atomic E-state index is 0.0779. The van der Waals surface area contributed by atoms with Crippen LogP contribution in [0, 0.1) is 10.1 Å². The van der Waals surface area contributed by atoms with Crippen LogP contribution >= 0.6 is 0 Å². The fourth-order valence-electron chi connectivity index (χ4n) is 1.16. The predicted molar refractivity (Wildman–Crippen MR) is 50.9 cm³/mol. The van der Waals surface area contributed by atoms with Crippen LogP contribution in [0.25, 0.3) is 0 Å². The van der Waals surface area contributed by atoms with Crippen LogP contribution < -0.4 is 0 Å². The van der Waals surface area contributed by atoms with E-state index in [1.165, 1.54) is 6.92 Å². The fourth-order valence-corrected chi connectivity index (χ4v) is 1.16. The molecule has 0 saturated carbocycles. The number of imidazole rings is 1. The van der Waals surface area contributed by atoms with Crippen LogP contribution in [-0.4, -0.2) is 33.2 Å². The molecular formula is C8H8F3N3O4. The third-order valence-corrected chi connectivity index (χ3v) is 1.76. The Bertz CT molecular complexity index is 469. The van der Waals surface area contributed by atoms with E-state index in [0.717, 1.165) is 0 Å². The first-order valence-electron chi connectivity index (χ1n) is 4.70. The molecular weight excluding hydrogens is 259 g/mol. The number of hydrogen-bond donors (Lipinski definition) is 0. The number of nitrogens with zero attached hydrogens (tertiary/aromatic N) is 3. The molecule has 0 saturated heterocycles. The molecule has 0 bridgehead atoms. The molecule has 1 rings (SSSR count). The van der Waals surface area contributed by atoms with E-state index in [2.05, 4.69) is 9.72 Å². The lowest BCUT2D eigenvalue weighted by atomic mass is 10.5. The van der Waals surface area contributed by atoms with Crippen LogP contribution in [0.4, 0.5) is 19.0 Å². The van der Waals surface area contributed by atoms with Gasteiger partial charge in [0.1, 0.15) is 12.7 Å². The van der Waals surface area contributed by atoms with E-state index in [1.54, 1.807) is 0 Å². The van der Waals surface area contributed by atoms with Crippen molar-refractivity contribution in [3.8, 4) is 0 Å². The summed E-state index contributed by atoms with van der Waals surface area (Å²) < 4.78 is 41.4. The van der Waals surface area contributed by atoms with Gasteiger partial charge in [0.05, 0.1) is 6.61 Å². The second-order valence-corrected chi connectivity index (χ2v) is 3.14. The number of halogens is 3. The van der Waals surface area contributed by atoms with E-state index < -0.39 is 35.3 Å². The molecule has 10 heteroatoms. The maximum absolute atomic E-state index is 12.2. The zero-order valence-corrected chi connectivity index (χ0v) is 9.10. The summed E-state index contributed by atoms with van der Waals surface area (Å²) in [6.45, 7) is -0.184. The highest BCUT2D eigenvalue weighted by molar-refractivity contribution is 5.86. The lowest BCUT2D eigenvalue weighted by Crippen LogP contribution is -2.21. The second-order valence-electron chi connectivity index (χ2n) is 3.14. The number of carbonyl (C=O) groups excluding carboxylic acids is 1. The molecule has 0 unspecified atom stereocenters. The molecule has 1 aromatic rings. The van der Waals surface area contributed by atoms with Gasteiger partial charge in [-0.3, -0.25) is 4.57 Å². The first-order chi connectivity index (χ1) is 8.24. The van der Waals surface area contributed by atoms with Crippen LogP contribution in [0.2, 0.25) is 0 Å². The zero-order chi connectivity index (χ0) is 13.9. The van der Waals surface area contributed by atoms with Crippen LogP contribution in [0.3, 0.4) is 0 Å². The molecule has 0 aliphatic carbocycles. The number of hydrogen-bond acceptors (Lipinski definition) is 5. The van der Waals surface area contributed by atoms with E-state index in [1.807, 2.05) is 0 Å². The predicted octanol–water partition coefficient (Wildman–Crippen LogP) is 1.53. The molecule has 0 aliphatic rings. The largest absolute Gasteiger partial charge is 0.458 e. The average Bonchev–Trinajstić information content (AvgIpc) is 2.59. The number of alkyl halides is 3. The van der Waals surface area contributed by atoms with E-state index in [9.17, 15) is 28.1 Å². The van der Waals surface area contributed by atoms with Crippen molar-refractivity contribution in [3.63, 3.8) is 0 Å². The Hall–Kier alpha value is -2.13. The van der Waals surface area contributed by atoms with Crippen LogP contribution in [0.5, 0.6) is 0 Å². The molecule has 0 atom stereocenters. The number of nitro groups is 1. The van der Waals surface area contributed by atoms with Crippen LogP contribution in [0.15, 0.2) is 6.20 Å². The molecule has 0 aromatic carbocycles. The molecule has 7 nitrogen and oxygen atoms in total. The van der Waals surface area contributed by atoms with Gasteiger partial charge in [-0.05, 0) is 16.8 Å². The van der Waals surface area contributed by atoms with Gasteiger partial charge in [-0.15, -0.1) is 0 Å². The molecule has 0 N–H and O–H groups in total. The van der Waals surface area contributed by atoms with Crippen molar-refractivity contribution in [3.05, 3.63) is 22.1 Å². The quantitative estimate of drug-likeness (QED) is 0.469. The number of esters is 1. The molecule has 0 fully saturated rings. The number of carbonyl (C=O) groups is 1. The lowest BCUT2D eigenvalue weighted by Gasteiger charge is -2.07. The van der Waals surface area contributed by atoms with Crippen molar-refractivity contribution in [2.24, 2.45) is 0 Å². The van der Waals surface area contributed by atoms with Crippen molar-refractivity contribution in [2.45, 2.75) is 19.6 Å². The summed E-state index contributed by atoms with van der Waals surface area (Å²) in [7, 11) is 0. The summed E-state index contributed by atoms with van der Waals surface area (Å²) >= 11 is 0. The maximum Gasteiger partial charge on any atom is 0.406 e. The SMILES string of the molecule is CCOC(=O)c1nc([N+](=O)[O-])cn1CC(F)(F)F. The van der Waals surface area contributed by atoms with Gasteiger partial charge >= 0.3 is 23.8 Å². The lowest BCUT2D eigenvalue weighted by molar-refractivity contribution is -0.389. The second kappa shape index (κ2) is 5.02. The Kier molecular flexibility index (Phi) is 3.89. The minimum atomic E-state index is -4.63. The van der Waals surface area contributed by atoms with E-state index in [-0.39, 0.29) is 6.61 Å². The van der Waals surface area contributed by atoms with Gasteiger partial charge in [0, 0.05) is 0 Å². The zero-order valence-electron chi connectivity index (χ0n) is 9.10. The van der Waals surface area contributed by atoms with Crippen molar-refractivity contribution in [1.82, 2.24) is 9.55 Å². The summed E-state index contributed by atoms with van der Waals surface area (Å²) in [5.41, 5.74) is 0. The highest BCUT2D eigenvalue weighted by atomic mass is 19.4. The Balaban J connectivity index is 3.13. The van der Waals surface area contributed by atoms with Crippen molar-refractivity contribution >= 4 is 11.8 Å². The molecule has 100 valence electrons.